The number of fused-ring (bicyclic) bond motifs is 1. The van der Waals surface area contributed by atoms with Crippen LogP contribution >= 0.6 is 11.8 Å². The Hall–Kier alpha value is -3.50. The van der Waals surface area contributed by atoms with E-state index in [0.29, 0.717) is 30.8 Å². The van der Waals surface area contributed by atoms with Crippen molar-refractivity contribution < 1.29 is 18.0 Å². The normalized spacial score (nSPS) is 19.4. The molecule has 0 saturated carbocycles. The fraction of sp³-hybridized carbons (Fsp3) is 0.259. The van der Waals surface area contributed by atoms with Crippen LogP contribution in [-0.2, 0) is 22.0 Å². The molecule has 3 aromatic rings. The van der Waals surface area contributed by atoms with E-state index in [2.05, 4.69) is 10.6 Å². The maximum absolute atomic E-state index is 13.5. The van der Waals surface area contributed by atoms with Gasteiger partial charge >= 0.3 is 12.1 Å². The number of thioether (sulfide) groups is 1. The predicted molar refractivity (Wildman–Crippen MR) is 146 cm³/mol. The summed E-state index contributed by atoms with van der Waals surface area (Å²) in [4.78, 5) is 28.6. The Morgan fingerprint density at radius 1 is 1.05 bits per heavy atom. The lowest BCUT2D eigenvalue weighted by Crippen LogP contribution is -2.39. The van der Waals surface area contributed by atoms with Crippen molar-refractivity contribution >= 4 is 45.2 Å². The van der Waals surface area contributed by atoms with Crippen LogP contribution in [0.25, 0.3) is 0 Å². The standard InChI is InChI=1S/C27H28N4O4S2/c1-27(20-8-4-3-5-9-20)18-31(26(33)29-27)37(34,35)23-14-15-24-19(17-23)7-6-16-30(24)25(32)28-21-10-12-22(36-2)13-11-21/h3-5,8-15,17H,6-7,16,18H2,1-2H3,(H,28,32)(H,29,33). The summed E-state index contributed by atoms with van der Waals surface area (Å²) < 4.78 is 28.0. The Morgan fingerprint density at radius 2 is 1.78 bits per heavy atom. The zero-order chi connectivity index (χ0) is 26.2. The van der Waals surface area contributed by atoms with Crippen LogP contribution in [0.15, 0.2) is 82.6 Å². The van der Waals surface area contributed by atoms with E-state index >= 15 is 0 Å². The number of benzene rings is 3. The average Bonchev–Trinajstić information content (AvgIpc) is 3.24. The van der Waals surface area contributed by atoms with E-state index in [-0.39, 0.29) is 17.5 Å². The highest BCUT2D eigenvalue weighted by atomic mass is 32.2. The van der Waals surface area contributed by atoms with Crippen LogP contribution in [-0.4, -0.2) is 44.1 Å². The largest absolute Gasteiger partial charge is 0.332 e. The maximum Gasteiger partial charge on any atom is 0.332 e. The first kappa shape index (κ1) is 25.2. The molecule has 37 heavy (non-hydrogen) atoms. The van der Waals surface area contributed by atoms with Crippen LogP contribution in [0.5, 0.6) is 0 Å². The van der Waals surface area contributed by atoms with Gasteiger partial charge in [-0.3, -0.25) is 4.90 Å². The molecule has 1 saturated heterocycles. The van der Waals surface area contributed by atoms with E-state index in [1.807, 2.05) is 67.8 Å². The van der Waals surface area contributed by atoms with Crippen molar-refractivity contribution in [2.45, 2.75) is 35.1 Å². The van der Waals surface area contributed by atoms with Gasteiger partial charge in [0.05, 0.1) is 17.0 Å². The van der Waals surface area contributed by atoms with Gasteiger partial charge in [0.1, 0.15) is 0 Å². The second kappa shape index (κ2) is 9.75. The molecule has 0 radical (unpaired) electrons. The molecule has 2 N–H and O–H groups in total. The minimum Gasteiger partial charge on any atom is -0.326 e. The zero-order valence-corrected chi connectivity index (χ0v) is 22.2. The molecule has 0 bridgehead atoms. The third-order valence-corrected chi connectivity index (χ3v) is 9.29. The van der Waals surface area contributed by atoms with Crippen LogP contribution in [0.2, 0.25) is 0 Å². The summed E-state index contributed by atoms with van der Waals surface area (Å²) in [6, 6.07) is 20.7. The third-order valence-electron chi connectivity index (χ3n) is 6.82. The summed E-state index contributed by atoms with van der Waals surface area (Å²) in [5.74, 6) is 0. The second-order valence-corrected chi connectivity index (χ2v) is 12.1. The van der Waals surface area contributed by atoms with Crippen molar-refractivity contribution in [1.29, 1.82) is 0 Å². The van der Waals surface area contributed by atoms with Gasteiger partial charge in [0.25, 0.3) is 10.0 Å². The number of carbonyl (C=O) groups excluding carboxylic acids is 2. The van der Waals surface area contributed by atoms with Crippen LogP contribution in [0.4, 0.5) is 21.0 Å². The lowest BCUT2D eigenvalue weighted by Gasteiger charge is -2.30. The van der Waals surface area contributed by atoms with Gasteiger partial charge in [-0.1, -0.05) is 30.3 Å². The van der Waals surface area contributed by atoms with Crippen LogP contribution in [0, 0.1) is 0 Å². The minimum atomic E-state index is -4.09. The Morgan fingerprint density at radius 3 is 2.49 bits per heavy atom. The number of rotatable bonds is 5. The summed E-state index contributed by atoms with van der Waals surface area (Å²) in [5, 5.41) is 5.75. The first-order chi connectivity index (χ1) is 17.7. The molecular weight excluding hydrogens is 508 g/mol. The molecular formula is C27H28N4O4S2. The molecule has 4 amide bonds. The molecule has 192 valence electrons. The summed E-state index contributed by atoms with van der Waals surface area (Å²) in [6.07, 6.45) is 3.33. The summed E-state index contributed by atoms with van der Waals surface area (Å²) in [6.45, 7) is 2.32. The van der Waals surface area contributed by atoms with Crippen molar-refractivity contribution in [3.63, 3.8) is 0 Å². The number of hydrogen-bond acceptors (Lipinski definition) is 5. The highest BCUT2D eigenvalue weighted by molar-refractivity contribution is 7.98. The Labute approximate surface area is 221 Å². The number of carbonyl (C=O) groups is 2. The van der Waals surface area contributed by atoms with E-state index in [1.165, 1.54) is 6.07 Å². The lowest BCUT2D eigenvalue weighted by atomic mass is 9.93. The van der Waals surface area contributed by atoms with Gasteiger partial charge < -0.3 is 10.6 Å². The number of nitrogens with one attached hydrogen (secondary N) is 2. The fourth-order valence-electron chi connectivity index (χ4n) is 4.80. The topological polar surface area (TPSA) is 98.8 Å². The average molecular weight is 537 g/mol. The highest BCUT2D eigenvalue weighted by Crippen LogP contribution is 2.34. The van der Waals surface area contributed by atoms with E-state index in [1.54, 1.807) is 28.8 Å². The summed E-state index contributed by atoms with van der Waals surface area (Å²) in [5.41, 5.74) is 2.11. The van der Waals surface area contributed by atoms with Crippen molar-refractivity contribution in [3.8, 4) is 0 Å². The van der Waals surface area contributed by atoms with E-state index in [9.17, 15) is 18.0 Å². The molecule has 0 aromatic heterocycles. The molecule has 3 aromatic carbocycles. The first-order valence-electron chi connectivity index (χ1n) is 12.0. The quantitative estimate of drug-likeness (QED) is 0.446. The molecule has 0 aliphatic carbocycles. The SMILES string of the molecule is CSc1ccc(NC(=O)N2CCCc3cc(S(=O)(=O)N4CC(C)(c5ccccc5)NC4=O)ccc32)cc1. The van der Waals surface area contributed by atoms with Crippen molar-refractivity contribution in [1.82, 2.24) is 9.62 Å². The van der Waals surface area contributed by atoms with E-state index in [4.69, 9.17) is 0 Å². The van der Waals surface area contributed by atoms with Crippen molar-refractivity contribution in [3.05, 3.63) is 83.9 Å². The van der Waals surface area contributed by atoms with Crippen molar-refractivity contribution in [2.75, 3.05) is 29.6 Å². The third kappa shape index (κ3) is 4.78. The number of anilines is 2. The molecule has 2 aliphatic rings. The van der Waals surface area contributed by atoms with Gasteiger partial charge in [-0.15, -0.1) is 11.8 Å². The molecule has 2 heterocycles. The monoisotopic (exact) mass is 536 g/mol. The van der Waals surface area contributed by atoms with Crippen LogP contribution < -0.4 is 15.5 Å². The van der Waals surface area contributed by atoms with Crippen LogP contribution in [0.1, 0.15) is 24.5 Å². The fourth-order valence-corrected chi connectivity index (χ4v) is 6.68. The summed E-state index contributed by atoms with van der Waals surface area (Å²) in [7, 11) is -4.09. The maximum atomic E-state index is 13.5. The molecule has 10 heteroatoms. The molecule has 1 atom stereocenters. The highest BCUT2D eigenvalue weighted by Gasteiger charge is 2.46. The Kier molecular flexibility index (Phi) is 6.63. The van der Waals surface area contributed by atoms with Gasteiger partial charge in [0, 0.05) is 22.8 Å². The van der Waals surface area contributed by atoms with Crippen molar-refractivity contribution in [2.24, 2.45) is 0 Å². The molecule has 0 spiro atoms. The number of hydrogen-bond donors (Lipinski definition) is 2. The van der Waals surface area contributed by atoms with Gasteiger partial charge in [-0.05, 0) is 79.6 Å². The second-order valence-electron chi connectivity index (χ2n) is 9.34. The van der Waals surface area contributed by atoms with Gasteiger partial charge in [0.15, 0.2) is 0 Å². The predicted octanol–water partition coefficient (Wildman–Crippen LogP) is 5.02. The Bertz CT molecular complexity index is 1440. The van der Waals surface area contributed by atoms with E-state index in [0.717, 1.165) is 20.3 Å². The van der Waals surface area contributed by atoms with Gasteiger partial charge in [-0.25, -0.2) is 22.3 Å². The summed E-state index contributed by atoms with van der Waals surface area (Å²) >= 11 is 1.63. The smallest absolute Gasteiger partial charge is 0.326 e. The number of urea groups is 2. The molecule has 8 nitrogen and oxygen atoms in total. The molecule has 2 aliphatic heterocycles. The lowest BCUT2D eigenvalue weighted by molar-refractivity contribution is 0.235. The van der Waals surface area contributed by atoms with Crippen LogP contribution in [0.3, 0.4) is 0 Å². The molecule has 1 fully saturated rings. The zero-order valence-electron chi connectivity index (χ0n) is 20.6. The first-order valence-corrected chi connectivity index (χ1v) is 14.6. The van der Waals surface area contributed by atoms with Gasteiger partial charge in [-0.2, -0.15) is 0 Å². The molecule has 1 unspecified atom stereocenters. The number of nitrogens with zero attached hydrogens (tertiary/aromatic N) is 2. The number of aryl methyl sites for hydroxylation is 1. The molecule has 5 rings (SSSR count). The van der Waals surface area contributed by atoms with E-state index < -0.39 is 21.6 Å². The number of sulfonamides is 1. The van der Waals surface area contributed by atoms with Gasteiger partial charge in [0.2, 0.25) is 0 Å². The Balaban J connectivity index is 1.37. The number of amides is 4. The minimum absolute atomic E-state index is 0.0148.